The van der Waals surface area contributed by atoms with Crippen molar-refractivity contribution in [2.24, 2.45) is 0 Å². The molecule has 0 bridgehead atoms. The molecule has 1 saturated heterocycles. The summed E-state index contributed by atoms with van der Waals surface area (Å²) < 4.78 is 17.1. The summed E-state index contributed by atoms with van der Waals surface area (Å²) in [7, 11) is 1.56. The molecule has 1 fully saturated rings. The van der Waals surface area contributed by atoms with Gasteiger partial charge in [0.2, 0.25) is 5.56 Å². The van der Waals surface area contributed by atoms with Crippen LogP contribution < -0.4 is 25.2 Å². The lowest BCUT2D eigenvalue weighted by Crippen LogP contribution is -2.36. The van der Waals surface area contributed by atoms with Crippen molar-refractivity contribution in [1.82, 2.24) is 15.0 Å². The number of rotatable bonds is 6. The highest BCUT2D eigenvalue weighted by atomic mass is 16.5. The van der Waals surface area contributed by atoms with Gasteiger partial charge in [-0.25, -0.2) is 4.98 Å². The molecule has 0 saturated carbocycles. The number of hydrogen-bond acceptors (Lipinski definition) is 8. The number of hydrogen-bond donors (Lipinski definition) is 2. The second-order valence-electron chi connectivity index (χ2n) is 9.45. The van der Waals surface area contributed by atoms with Crippen LogP contribution in [0.4, 0.5) is 11.4 Å². The Morgan fingerprint density at radius 3 is 2.79 bits per heavy atom. The van der Waals surface area contributed by atoms with Crippen molar-refractivity contribution in [3.05, 3.63) is 88.0 Å². The van der Waals surface area contributed by atoms with Crippen molar-refractivity contribution >= 4 is 11.4 Å². The molecule has 0 amide bonds. The third-order valence-electron chi connectivity index (χ3n) is 6.91. The van der Waals surface area contributed by atoms with Crippen molar-refractivity contribution in [2.45, 2.75) is 19.4 Å². The Hall–Kier alpha value is -4.37. The second kappa shape index (κ2) is 10.2. The quantitative estimate of drug-likeness (QED) is 0.343. The van der Waals surface area contributed by atoms with Gasteiger partial charge in [0, 0.05) is 54.3 Å². The normalized spacial score (nSPS) is 15.2. The third-order valence-corrected chi connectivity index (χ3v) is 6.91. The van der Waals surface area contributed by atoms with Crippen LogP contribution in [-0.4, -0.2) is 48.4 Å². The summed E-state index contributed by atoms with van der Waals surface area (Å²) in [5.74, 6) is 1.58. The largest absolute Gasteiger partial charge is 0.467 e. The smallest absolute Gasteiger partial charge is 0.316 e. The van der Waals surface area contributed by atoms with E-state index in [1.807, 2.05) is 43.3 Å². The van der Waals surface area contributed by atoms with Crippen molar-refractivity contribution < 1.29 is 14.2 Å². The molecule has 9 nitrogen and oxygen atoms in total. The standard InChI is InChI=1S/C29H29N5O4/c1-18(24-8-9-30-29(33-24)36-2)31-21-6-7-26-20(15-21)14-19-4-3-5-23(28(19)38-26)25-16-22(17-27(35)32-25)34-10-12-37-13-11-34/h3-9,15-18,31H,10-14H2,1-2H3,(H,32,35). The predicted molar refractivity (Wildman–Crippen MR) is 145 cm³/mol. The first-order valence-corrected chi connectivity index (χ1v) is 12.7. The molecule has 194 valence electrons. The fraction of sp³-hybridized carbons (Fsp3) is 0.276. The van der Waals surface area contributed by atoms with E-state index in [4.69, 9.17) is 14.2 Å². The van der Waals surface area contributed by atoms with Gasteiger partial charge in [0.05, 0.1) is 37.8 Å². The zero-order valence-electron chi connectivity index (χ0n) is 21.4. The number of anilines is 2. The fourth-order valence-corrected chi connectivity index (χ4v) is 4.97. The van der Waals surface area contributed by atoms with Crippen molar-refractivity contribution in [2.75, 3.05) is 43.6 Å². The third kappa shape index (κ3) is 4.80. The molecular formula is C29H29N5O4. The number of pyridine rings is 1. The number of nitrogens with one attached hydrogen (secondary N) is 2. The number of methoxy groups -OCH3 is 1. The van der Waals surface area contributed by atoms with E-state index in [0.717, 1.165) is 70.5 Å². The van der Waals surface area contributed by atoms with Crippen molar-refractivity contribution in [3.8, 4) is 28.8 Å². The Morgan fingerprint density at radius 1 is 1.08 bits per heavy atom. The first-order valence-electron chi connectivity index (χ1n) is 12.7. The lowest BCUT2D eigenvalue weighted by molar-refractivity contribution is 0.122. The minimum atomic E-state index is -0.135. The van der Waals surface area contributed by atoms with Crippen molar-refractivity contribution in [3.63, 3.8) is 0 Å². The number of fused-ring (bicyclic) bond motifs is 2. The summed E-state index contributed by atoms with van der Waals surface area (Å²) in [6.07, 6.45) is 2.41. The van der Waals surface area contributed by atoms with Crippen LogP contribution in [-0.2, 0) is 11.2 Å². The second-order valence-corrected chi connectivity index (χ2v) is 9.45. The Balaban J connectivity index is 1.26. The first-order chi connectivity index (χ1) is 18.6. The summed E-state index contributed by atoms with van der Waals surface area (Å²) >= 11 is 0. The highest BCUT2D eigenvalue weighted by molar-refractivity contribution is 5.74. The van der Waals surface area contributed by atoms with Crippen LogP contribution in [0.25, 0.3) is 11.3 Å². The van der Waals surface area contributed by atoms with Gasteiger partial charge in [-0.1, -0.05) is 12.1 Å². The van der Waals surface area contributed by atoms with Gasteiger partial charge in [-0.05, 0) is 48.9 Å². The molecule has 1 atom stereocenters. The fourth-order valence-electron chi connectivity index (χ4n) is 4.97. The van der Waals surface area contributed by atoms with Gasteiger partial charge >= 0.3 is 6.01 Å². The molecule has 4 aromatic rings. The number of aromatic nitrogens is 3. The van der Waals surface area contributed by atoms with Crippen LogP contribution >= 0.6 is 0 Å². The van der Waals surface area contributed by atoms with Gasteiger partial charge < -0.3 is 29.4 Å². The first kappa shape index (κ1) is 24.0. The Morgan fingerprint density at radius 2 is 1.95 bits per heavy atom. The highest BCUT2D eigenvalue weighted by Crippen LogP contribution is 2.43. The molecule has 6 rings (SSSR count). The number of morpholine rings is 1. The average Bonchev–Trinajstić information content (AvgIpc) is 2.96. The molecule has 0 radical (unpaired) electrons. The SMILES string of the molecule is COc1nccc(C(C)Nc2ccc3c(c2)Cc2cccc(-c4cc(N5CCOCC5)cc(=O)[nH]4)c2O3)n1. The molecule has 4 heterocycles. The lowest BCUT2D eigenvalue weighted by Gasteiger charge is -2.29. The summed E-state index contributed by atoms with van der Waals surface area (Å²) in [5.41, 5.74) is 6.34. The maximum Gasteiger partial charge on any atom is 0.316 e. The van der Waals surface area contributed by atoms with Gasteiger partial charge in [-0.15, -0.1) is 0 Å². The highest BCUT2D eigenvalue weighted by Gasteiger charge is 2.23. The lowest BCUT2D eigenvalue weighted by atomic mass is 9.96. The zero-order valence-corrected chi connectivity index (χ0v) is 21.4. The molecule has 38 heavy (non-hydrogen) atoms. The van der Waals surface area contributed by atoms with Crippen LogP contribution in [0.3, 0.4) is 0 Å². The predicted octanol–water partition coefficient (Wildman–Crippen LogP) is 4.55. The zero-order chi connectivity index (χ0) is 26.1. The maximum absolute atomic E-state index is 12.6. The molecule has 0 aliphatic carbocycles. The van der Waals surface area contributed by atoms with Crippen molar-refractivity contribution in [1.29, 1.82) is 0 Å². The average molecular weight is 512 g/mol. The van der Waals surface area contributed by atoms with Crippen LogP contribution in [0.1, 0.15) is 29.8 Å². The van der Waals surface area contributed by atoms with E-state index in [2.05, 4.69) is 37.3 Å². The Labute approximate surface area is 220 Å². The minimum Gasteiger partial charge on any atom is -0.467 e. The monoisotopic (exact) mass is 511 g/mol. The molecule has 2 N–H and O–H groups in total. The summed E-state index contributed by atoms with van der Waals surface area (Å²) in [6, 6.07) is 18.0. The molecular weight excluding hydrogens is 482 g/mol. The summed E-state index contributed by atoms with van der Waals surface area (Å²) in [4.78, 5) is 26.3. The molecule has 9 heteroatoms. The van der Waals surface area contributed by atoms with E-state index >= 15 is 0 Å². The molecule has 0 spiro atoms. The van der Waals surface area contributed by atoms with Gasteiger partial charge in [0.25, 0.3) is 0 Å². The number of aromatic amines is 1. The van der Waals surface area contributed by atoms with E-state index in [9.17, 15) is 4.79 Å². The van der Waals surface area contributed by atoms with Crippen LogP contribution in [0.2, 0.25) is 0 Å². The number of ether oxygens (including phenoxy) is 3. The summed E-state index contributed by atoms with van der Waals surface area (Å²) in [5, 5.41) is 3.51. The van der Waals surface area contributed by atoms with Crippen LogP contribution in [0.5, 0.6) is 17.5 Å². The number of para-hydroxylation sites is 1. The van der Waals surface area contributed by atoms with Crippen LogP contribution in [0.15, 0.2) is 65.6 Å². The summed E-state index contributed by atoms with van der Waals surface area (Å²) in [6.45, 7) is 4.89. The topological polar surface area (TPSA) is 102 Å². The van der Waals surface area contributed by atoms with E-state index in [1.165, 1.54) is 0 Å². The molecule has 2 aromatic carbocycles. The Kier molecular flexibility index (Phi) is 6.43. The van der Waals surface area contributed by atoms with E-state index in [0.29, 0.717) is 19.2 Å². The van der Waals surface area contributed by atoms with E-state index < -0.39 is 0 Å². The van der Waals surface area contributed by atoms with Gasteiger partial charge in [0.1, 0.15) is 11.5 Å². The van der Waals surface area contributed by atoms with Gasteiger partial charge in [-0.3, -0.25) is 4.79 Å². The molecule has 2 aliphatic heterocycles. The van der Waals surface area contributed by atoms with Gasteiger partial charge in [-0.2, -0.15) is 4.98 Å². The number of H-pyrrole nitrogens is 1. The maximum atomic E-state index is 12.6. The Bertz CT molecular complexity index is 1530. The van der Waals surface area contributed by atoms with Gasteiger partial charge in [0.15, 0.2) is 0 Å². The molecule has 2 aromatic heterocycles. The molecule has 2 aliphatic rings. The number of benzene rings is 2. The van der Waals surface area contributed by atoms with E-state index in [1.54, 1.807) is 19.4 Å². The minimum absolute atomic E-state index is 0.0380. The van der Waals surface area contributed by atoms with Crippen LogP contribution in [0, 0.1) is 0 Å². The molecule has 1 unspecified atom stereocenters. The number of nitrogens with zero attached hydrogens (tertiary/aromatic N) is 3. The van der Waals surface area contributed by atoms with E-state index in [-0.39, 0.29) is 11.6 Å².